The molecule has 0 bridgehead atoms. The maximum Gasteiger partial charge on any atom is 0.310 e. The Labute approximate surface area is 135 Å². The second-order valence-electron chi connectivity index (χ2n) is 6.07. The van der Waals surface area contributed by atoms with Crippen molar-refractivity contribution in [1.82, 2.24) is 10.3 Å². The molecule has 0 aliphatic rings. The van der Waals surface area contributed by atoms with E-state index in [1.807, 2.05) is 30.3 Å². The van der Waals surface area contributed by atoms with Crippen LogP contribution in [0.5, 0.6) is 0 Å². The van der Waals surface area contributed by atoms with Crippen LogP contribution in [0.4, 0.5) is 0 Å². The fourth-order valence-electron chi connectivity index (χ4n) is 2.04. The first-order valence-electron chi connectivity index (χ1n) is 7.36. The van der Waals surface area contributed by atoms with Gasteiger partial charge in [0, 0.05) is 12.1 Å². The highest BCUT2D eigenvalue weighted by atomic mass is 16.4. The number of carbonyl (C=O) groups excluding carboxylic acids is 1. The Bertz CT molecular complexity index is 724. The summed E-state index contributed by atoms with van der Waals surface area (Å²) in [5.74, 6) is -1.27. The Balaban J connectivity index is 2.15. The summed E-state index contributed by atoms with van der Waals surface area (Å²) in [7, 11) is 0. The number of amides is 1. The van der Waals surface area contributed by atoms with E-state index in [0.29, 0.717) is 11.3 Å². The number of nitrogens with zero attached hydrogens (tertiary/aromatic N) is 1. The number of carboxylic acid groups (broad SMARTS) is 1. The Morgan fingerprint density at radius 1 is 1.13 bits per heavy atom. The van der Waals surface area contributed by atoms with Crippen LogP contribution in [-0.4, -0.2) is 28.5 Å². The van der Waals surface area contributed by atoms with Gasteiger partial charge in [-0.25, -0.2) is 0 Å². The molecule has 0 aliphatic carbocycles. The maximum absolute atomic E-state index is 12.2. The minimum absolute atomic E-state index is 0.0566. The van der Waals surface area contributed by atoms with Crippen molar-refractivity contribution in [3.63, 3.8) is 0 Å². The van der Waals surface area contributed by atoms with Gasteiger partial charge in [-0.1, -0.05) is 30.3 Å². The van der Waals surface area contributed by atoms with Gasteiger partial charge in [-0.05, 0) is 32.9 Å². The van der Waals surface area contributed by atoms with Crippen LogP contribution in [0.25, 0.3) is 11.3 Å². The zero-order valence-electron chi connectivity index (χ0n) is 13.5. The Morgan fingerprint density at radius 3 is 2.35 bits per heavy atom. The van der Waals surface area contributed by atoms with E-state index >= 15 is 0 Å². The topological polar surface area (TPSA) is 79.3 Å². The van der Waals surface area contributed by atoms with Gasteiger partial charge >= 0.3 is 5.97 Å². The molecular formula is C18H20N2O3. The van der Waals surface area contributed by atoms with Crippen LogP contribution in [0.15, 0.2) is 42.5 Å². The number of carbonyl (C=O) groups is 2. The molecular weight excluding hydrogens is 292 g/mol. The lowest BCUT2D eigenvalue weighted by atomic mass is 9.94. The van der Waals surface area contributed by atoms with Gasteiger partial charge in [0.25, 0.3) is 5.91 Å². The van der Waals surface area contributed by atoms with Crippen LogP contribution in [-0.2, 0) is 4.79 Å². The summed E-state index contributed by atoms with van der Waals surface area (Å²) in [6.07, 6.45) is 0. The predicted octanol–water partition coefficient (Wildman–Crippen LogP) is 2.90. The van der Waals surface area contributed by atoms with Crippen molar-refractivity contribution >= 4 is 11.9 Å². The monoisotopic (exact) mass is 312 g/mol. The third-order valence-corrected chi connectivity index (χ3v) is 3.67. The van der Waals surface area contributed by atoms with Gasteiger partial charge in [0.15, 0.2) is 0 Å². The number of nitrogens with one attached hydrogen (secondary N) is 1. The molecule has 120 valence electrons. The molecule has 0 saturated carbocycles. The summed E-state index contributed by atoms with van der Waals surface area (Å²) in [4.78, 5) is 27.8. The summed E-state index contributed by atoms with van der Waals surface area (Å²) < 4.78 is 0. The minimum atomic E-state index is -1.01. The zero-order valence-corrected chi connectivity index (χ0v) is 13.5. The van der Waals surface area contributed by atoms with Crippen LogP contribution < -0.4 is 5.32 Å². The lowest BCUT2D eigenvalue weighted by Crippen LogP contribution is -2.39. The number of hydrogen-bond donors (Lipinski definition) is 2. The highest BCUT2D eigenvalue weighted by molar-refractivity contribution is 5.95. The van der Waals surface area contributed by atoms with Gasteiger partial charge in [0.05, 0.1) is 22.4 Å². The lowest BCUT2D eigenvalue weighted by molar-refractivity contribution is -0.146. The van der Waals surface area contributed by atoms with E-state index in [1.54, 1.807) is 32.9 Å². The molecule has 0 saturated heterocycles. The first kappa shape index (κ1) is 16.7. The van der Waals surface area contributed by atoms with Gasteiger partial charge in [-0.3, -0.25) is 14.6 Å². The molecule has 0 fully saturated rings. The van der Waals surface area contributed by atoms with Crippen molar-refractivity contribution in [2.75, 3.05) is 6.54 Å². The van der Waals surface area contributed by atoms with Gasteiger partial charge in [-0.15, -0.1) is 0 Å². The molecule has 0 atom stereocenters. The molecule has 0 unspecified atom stereocenters. The second-order valence-corrected chi connectivity index (χ2v) is 6.07. The predicted molar refractivity (Wildman–Crippen MR) is 88.2 cm³/mol. The van der Waals surface area contributed by atoms with Gasteiger partial charge in [0.2, 0.25) is 0 Å². The van der Waals surface area contributed by atoms with Crippen LogP contribution in [0.3, 0.4) is 0 Å². The number of aromatic nitrogens is 1. The van der Waals surface area contributed by atoms with Crippen molar-refractivity contribution < 1.29 is 14.7 Å². The molecule has 2 N–H and O–H groups in total. The average molecular weight is 312 g/mol. The van der Waals surface area contributed by atoms with Gasteiger partial charge < -0.3 is 10.4 Å². The van der Waals surface area contributed by atoms with E-state index in [0.717, 1.165) is 11.3 Å². The Morgan fingerprint density at radius 2 is 1.78 bits per heavy atom. The standard InChI is InChI=1S/C18H20N2O3/c1-12-14(16(21)19-11-18(2,3)17(22)23)9-10-15(20-12)13-7-5-4-6-8-13/h4-10H,11H2,1-3H3,(H,19,21)(H,22,23). The number of aryl methyl sites for hydroxylation is 1. The van der Waals surface area contributed by atoms with E-state index in [1.165, 1.54) is 0 Å². The second kappa shape index (κ2) is 6.60. The first-order chi connectivity index (χ1) is 10.8. The van der Waals surface area contributed by atoms with Crippen LogP contribution >= 0.6 is 0 Å². The summed E-state index contributed by atoms with van der Waals surface area (Å²) in [6, 6.07) is 13.2. The highest BCUT2D eigenvalue weighted by Crippen LogP contribution is 2.19. The molecule has 1 amide bonds. The average Bonchev–Trinajstić information content (AvgIpc) is 2.53. The number of carboxylic acids is 1. The quantitative estimate of drug-likeness (QED) is 0.889. The summed E-state index contributed by atoms with van der Waals surface area (Å²) >= 11 is 0. The maximum atomic E-state index is 12.2. The molecule has 2 aromatic rings. The van der Waals surface area contributed by atoms with E-state index < -0.39 is 11.4 Å². The minimum Gasteiger partial charge on any atom is -0.481 e. The smallest absolute Gasteiger partial charge is 0.310 e. The van der Waals surface area contributed by atoms with Crippen LogP contribution in [0.1, 0.15) is 29.9 Å². The number of benzene rings is 1. The van der Waals surface area contributed by atoms with Crippen molar-refractivity contribution in [3.8, 4) is 11.3 Å². The van der Waals surface area contributed by atoms with Gasteiger partial charge in [0.1, 0.15) is 0 Å². The van der Waals surface area contributed by atoms with Crippen molar-refractivity contribution in [3.05, 3.63) is 53.7 Å². The Kier molecular flexibility index (Phi) is 4.79. The molecule has 5 heteroatoms. The molecule has 0 radical (unpaired) electrons. The van der Waals surface area contributed by atoms with Gasteiger partial charge in [-0.2, -0.15) is 0 Å². The third-order valence-electron chi connectivity index (χ3n) is 3.67. The van der Waals surface area contributed by atoms with E-state index in [-0.39, 0.29) is 12.5 Å². The molecule has 1 heterocycles. The largest absolute Gasteiger partial charge is 0.481 e. The molecule has 2 rings (SSSR count). The molecule has 0 spiro atoms. The van der Waals surface area contributed by atoms with E-state index in [9.17, 15) is 9.59 Å². The number of hydrogen-bond acceptors (Lipinski definition) is 3. The summed E-state index contributed by atoms with van der Waals surface area (Å²) in [6.45, 7) is 4.96. The zero-order chi connectivity index (χ0) is 17.0. The summed E-state index contributed by atoms with van der Waals surface area (Å²) in [5, 5.41) is 11.7. The number of pyridine rings is 1. The fraction of sp³-hybridized carbons (Fsp3) is 0.278. The Hall–Kier alpha value is -2.69. The SMILES string of the molecule is Cc1nc(-c2ccccc2)ccc1C(=O)NCC(C)(C)C(=O)O. The number of aliphatic carboxylic acids is 1. The fourth-order valence-corrected chi connectivity index (χ4v) is 2.04. The normalized spacial score (nSPS) is 11.1. The van der Waals surface area contributed by atoms with Crippen molar-refractivity contribution in [2.45, 2.75) is 20.8 Å². The first-order valence-corrected chi connectivity index (χ1v) is 7.36. The van der Waals surface area contributed by atoms with Crippen molar-refractivity contribution in [2.24, 2.45) is 5.41 Å². The highest BCUT2D eigenvalue weighted by Gasteiger charge is 2.28. The van der Waals surface area contributed by atoms with Crippen LogP contribution in [0, 0.1) is 12.3 Å². The van der Waals surface area contributed by atoms with E-state index in [2.05, 4.69) is 10.3 Å². The van der Waals surface area contributed by atoms with E-state index in [4.69, 9.17) is 5.11 Å². The summed E-state index contributed by atoms with van der Waals surface area (Å²) in [5.41, 5.74) is 1.82. The molecule has 23 heavy (non-hydrogen) atoms. The molecule has 1 aromatic heterocycles. The molecule has 1 aromatic carbocycles. The van der Waals surface area contributed by atoms with Crippen LogP contribution in [0.2, 0.25) is 0 Å². The number of rotatable bonds is 5. The lowest BCUT2D eigenvalue weighted by Gasteiger charge is -2.19. The third kappa shape index (κ3) is 3.94. The molecule has 5 nitrogen and oxygen atoms in total. The molecule has 0 aliphatic heterocycles. The van der Waals surface area contributed by atoms with Crippen molar-refractivity contribution in [1.29, 1.82) is 0 Å².